The third-order valence-electron chi connectivity index (χ3n) is 4.60. The Morgan fingerprint density at radius 3 is 2.04 bits per heavy atom. The maximum absolute atomic E-state index is 10.9. The van der Waals surface area contributed by atoms with Crippen LogP contribution >= 0.6 is 0 Å². The molecule has 25 heavy (non-hydrogen) atoms. The van der Waals surface area contributed by atoms with Gasteiger partial charge in [0.2, 0.25) is 0 Å². The first-order valence-electron chi connectivity index (χ1n) is 8.50. The minimum Gasteiger partial charge on any atom is -0.465 e. The molecule has 2 aromatic carbocycles. The van der Waals surface area contributed by atoms with E-state index in [1.54, 1.807) is 0 Å². The van der Waals surface area contributed by atoms with Crippen molar-refractivity contribution < 1.29 is 14.6 Å². The summed E-state index contributed by atoms with van der Waals surface area (Å²) in [4.78, 5) is 13.2. The first-order chi connectivity index (χ1) is 12.0. The first-order valence-corrected chi connectivity index (χ1v) is 8.50. The van der Waals surface area contributed by atoms with Crippen LogP contribution in [0.25, 0.3) is 11.1 Å². The molecule has 2 aromatic rings. The van der Waals surface area contributed by atoms with Gasteiger partial charge in [0.1, 0.15) is 0 Å². The highest BCUT2D eigenvalue weighted by Crippen LogP contribution is 2.27. The highest BCUT2D eigenvalue weighted by Gasteiger charge is 2.22. The molecule has 5 nitrogen and oxygen atoms in total. The van der Waals surface area contributed by atoms with E-state index in [1.165, 1.54) is 5.69 Å². The van der Waals surface area contributed by atoms with Gasteiger partial charge in [-0.15, -0.1) is 0 Å². The van der Waals surface area contributed by atoms with Crippen LogP contribution in [0.5, 0.6) is 0 Å². The number of ether oxygens (including phenoxy) is 1. The number of hydrogen-bond acceptors (Lipinski definition) is 3. The zero-order chi connectivity index (χ0) is 17.9. The zero-order valence-corrected chi connectivity index (χ0v) is 14.7. The largest absolute Gasteiger partial charge is 0.465 e. The molecule has 0 spiro atoms. The summed E-state index contributed by atoms with van der Waals surface area (Å²) in [5.74, 6) is 0. The minimum absolute atomic E-state index is 0.620. The lowest BCUT2D eigenvalue weighted by Gasteiger charge is -2.29. The molecule has 0 aliphatic carbocycles. The van der Waals surface area contributed by atoms with E-state index in [9.17, 15) is 4.79 Å². The van der Waals surface area contributed by atoms with Crippen LogP contribution in [-0.2, 0) is 10.3 Å². The van der Waals surface area contributed by atoms with Crippen molar-refractivity contribution in [2.24, 2.45) is 0 Å². The van der Waals surface area contributed by atoms with Crippen molar-refractivity contribution >= 4 is 11.8 Å². The number of nitrogens with zero attached hydrogens (tertiary/aromatic N) is 1. The van der Waals surface area contributed by atoms with Gasteiger partial charge in [-0.05, 0) is 42.7 Å². The average molecular weight is 340 g/mol. The van der Waals surface area contributed by atoms with E-state index in [2.05, 4.69) is 34.5 Å². The topological polar surface area (TPSA) is 61.8 Å². The molecule has 5 heteroatoms. The number of nitrogens with one attached hydrogen (secondary N) is 1. The number of hydrogen-bond donors (Lipinski definition) is 2. The Kier molecular flexibility index (Phi) is 4.95. The van der Waals surface area contributed by atoms with Crippen molar-refractivity contribution in [3.05, 3.63) is 54.1 Å². The van der Waals surface area contributed by atoms with E-state index in [0.29, 0.717) is 0 Å². The van der Waals surface area contributed by atoms with Crippen molar-refractivity contribution in [3.63, 3.8) is 0 Å². The molecule has 1 aliphatic rings. The van der Waals surface area contributed by atoms with Gasteiger partial charge in [0.15, 0.2) is 0 Å². The van der Waals surface area contributed by atoms with Crippen molar-refractivity contribution in [2.45, 2.75) is 19.4 Å². The summed E-state index contributed by atoms with van der Waals surface area (Å²) in [5, 5.41) is 11.5. The lowest BCUT2D eigenvalue weighted by atomic mass is 9.92. The third-order valence-corrected chi connectivity index (χ3v) is 4.60. The highest BCUT2D eigenvalue weighted by molar-refractivity contribution is 5.68. The Morgan fingerprint density at radius 2 is 1.52 bits per heavy atom. The van der Waals surface area contributed by atoms with Crippen LogP contribution in [0, 0.1) is 0 Å². The Morgan fingerprint density at radius 1 is 1.00 bits per heavy atom. The third kappa shape index (κ3) is 4.12. The average Bonchev–Trinajstić information content (AvgIpc) is 2.62. The molecule has 0 radical (unpaired) electrons. The summed E-state index contributed by atoms with van der Waals surface area (Å²) >= 11 is 0. The van der Waals surface area contributed by atoms with Crippen LogP contribution in [0.4, 0.5) is 10.5 Å². The van der Waals surface area contributed by atoms with Crippen molar-refractivity contribution in [2.75, 3.05) is 31.2 Å². The smallest absolute Gasteiger partial charge is 0.405 e. The Bertz CT molecular complexity index is 718. The number of carboxylic acid groups (broad SMARTS) is 1. The van der Waals surface area contributed by atoms with Crippen molar-refractivity contribution in [1.29, 1.82) is 0 Å². The molecule has 3 rings (SSSR count). The molecule has 0 aromatic heterocycles. The molecule has 0 bridgehead atoms. The lowest BCUT2D eigenvalue weighted by molar-refractivity contribution is 0.122. The second kappa shape index (κ2) is 7.15. The molecule has 1 heterocycles. The second-order valence-electron chi connectivity index (χ2n) is 6.78. The fourth-order valence-corrected chi connectivity index (χ4v) is 3.11. The predicted octanol–water partition coefficient (Wildman–Crippen LogP) is 3.69. The fourth-order valence-electron chi connectivity index (χ4n) is 3.11. The SMILES string of the molecule is CC(C)(NC(=O)O)c1ccc(-c2ccc(N3CCOCC3)cc2)cc1. The molecule has 132 valence electrons. The van der Waals surface area contributed by atoms with E-state index in [1.807, 2.05) is 38.1 Å². The molecule has 0 saturated carbocycles. The maximum atomic E-state index is 10.9. The van der Waals surface area contributed by atoms with E-state index in [4.69, 9.17) is 9.84 Å². The summed E-state index contributed by atoms with van der Waals surface area (Å²) < 4.78 is 5.39. The number of anilines is 1. The van der Waals surface area contributed by atoms with E-state index in [0.717, 1.165) is 43.0 Å². The molecular weight excluding hydrogens is 316 g/mol. The first kappa shape index (κ1) is 17.3. The predicted molar refractivity (Wildman–Crippen MR) is 99.1 cm³/mol. The highest BCUT2D eigenvalue weighted by atomic mass is 16.5. The minimum atomic E-state index is -1.02. The van der Waals surface area contributed by atoms with Gasteiger partial charge in [0.25, 0.3) is 0 Å². The number of rotatable bonds is 4. The second-order valence-corrected chi connectivity index (χ2v) is 6.78. The number of carbonyl (C=O) groups is 1. The zero-order valence-electron chi connectivity index (χ0n) is 14.7. The van der Waals surface area contributed by atoms with Crippen LogP contribution in [0.2, 0.25) is 0 Å². The quantitative estimate of drug-likeness (QED) is 0.891. The molecular formula is C20H24N2O3. The summed E-state index contributed by atoms with van der Waals surface area (Å²) in [6, 6.07) is 16.5. The van der Waals surface area contributed by atoms with Crippen LogP contribution in [0.1, 0.15) is 19.4 Å². The van der Waals surface area contributed by atoms with Crippen molar-refractivity contribution in [3.8, 4) is 11.1 Å². The van der Waals surface area contributed by atoms with Gasteiger partial charge in [-0.2, -0.15) is 0 Å². The monoisotopic (exact) mass is 340 g/mol. The molecule has 1 amide bonds. The number of benzene rings is 2. The molecule has 0 unspecified atom stereocenters. The number of amides is 1. The Balaban J connectivity index is 1.74. The number of morpholine rings is 1. The fraction of sp³-hybridized carbons (Fsp3) is 0.350. The molecule has 0 atom stereocenters. The van der Waals surface area contributed by atoms with Gasteiger partial charge in [0.05, 0.1) is 18.8 Å². The summed E-state index contributed by atoms with van der Waals surface area (Å²) in [6.45, 7) is 7.13. The Labute approximate surface area is 148 Å². The van der Waals surface area contributed by atoms with Gasteiger partial charge in [-0.25, -0.2) is 4.79 Å². The van der Waals surface area contributed by atoms with Crippen molar-refractivity contribution in [1.82, 2.24) is 5.32 Å². The van der Waals surface area contributed by atoms with Gasteiger partial charge >= 0.3 is 6.09 Å². The maximum Gasteiger partial charge on any atom is 0.405 e. The summed E-state index contributed by atoms with van der Waals surface area (Å²) in [5.41, 5.74) is 3.79. The lowest BCUT2D eigenvalue weighted by Crippen LogP contribution is -2.39. The van der Waals surface area contributed by atoms with Gasteiger partial charge < -0.3 is 20.1 Å². The van der Waals surface area contributed by atoms with E-state index in [-0.39, 0.29) is 0 Å². The Hall–Kier alpha value is -2.53. The van der Waals surface area contributed by atoms with E-state index < -0.39 is 11.6 Å². The van der Waals surface area contributed by atoms with Crippen LogP contribution < -0.4 is 10.2 Å². The van der Waals surface area contributed by atoms with Crippen LogP contribution in [-0.4, -0.2) is 37.5 Å². The molecule has 2 N–H and O–H groups in total. The summed E-state index contributed by atoms with van der Waals surface area (Å²) in [7, 11) is 0. The van der Waals surface area contributed by atoms with Gasteiger partial charge in [-0.3, -0.25) is 0 Å². The van der Waals surface area contributed by atoms with Crippen LogP contribution in [0.3, 0.4) is 0 Å². The van der Waals surface area contributed by atoms with Crippen LogP contribution in [0.15, 0.2) is 48.5 Å². The van der Waals surface area contributed by atoms with Gasteiger partial charge in [-0.1, -0.05) is 36.4 Å². The van der Waals surface area contributed by atoms with E-state index >= 15 is 0 Å². The molecule has 1 aliphatic heterocycles. The normalized spacial score (nSPS) is 15.0. The molecule has 1 saturated heterocycles. The van der Waals surface area contributed by atoms with Gasteiger partial charge in [0, 0.05) is 18.8 Å². The standard InChI is InChI=1S/C20H24N2O3/c1-20(2,21-19(23)24)17-7-3-15(4-8-17)16-5-9-18(10-6-16)22-11-13-25-14-12-22/h3-10,21H,11-14H2,1-2H3,(H,23,24). The summed E-state index contributed by atoms with van der Waals surface area (Å²) in [6.07, 6.45) is -1.02. The molecule has 1 fully saturated rings.